The quantitative estimate of drug-likeness (QED) is 0.645. The van der Waals surface area contributed by atoms with Gasteiger partial charge in [0, 0.05) is 18.6 Å². The largest absolute Gasteiger partial charge is 0.444 e. The minimum Gasteiger partial charge on any atom is -0.444 e. The van der Waals surface area contributed by atoms with Crippen LogP contribution >= 0.6 is 0 Å². The SMILES string of the molecule is CCCCC(CNC(=O)OC(C)(C)C)NC(C)C(C)(C)O. The van der Waals surface area contributed by atoms with Crippen molar-refractivity contribution in [2.24, 2.45) is 0 Å². The second-order valence-corrected chi connectivity index (χ2v) is 7.26. The molecular weight excluding hydrogens is 268 g/mol. The van der Waals surface area contributed by atoms with Crippen molar-refractivity contribution in [2.75, 3.05) is 6.54 Å². The third kappa shape index (κ3) is 10.5. The maximum atomic E-state index is 11.7. The van der Waals surface area contributed by atoms with Gasteiger partial charge in [-0.2, -0.15) is 0 Å². The average molecular weight is 302 g/mol. The van der Waals surface area contributed by atoms with Crippen LogP contribution in [-0.4, -0.2) is 41.0 Å². The van der Waals surface area contributed by atoms with Gasteiger partial charge in [0.25, 0.3) is 0 Å². The first-order valence-electron chi connectivity index (χ1n) is 7.91. The minimum absolute atomic E-state index is 0.0557. The summed E-state index contributed by atoms with van der Waals surface area (Å²) in [5.74, 6) is 0. The maximum absolute atomic E-state index is 11.7. The highest BCUT2D eigenvalue weighted by Crippen LogP contribution is 2.11. The number of unbranched alkanes of at least 4 members (excludes halogenated alkanes) is 1. The van der Waals surface area contributed by atoms with Crippen molar-refractivity contribution in [1.29, 1.82) is 0 Å². The monoisotopic (exact) mass is 302 g/mol. The van der Waals surface area contributed by atoms with E-state index >= 15 is 0 Å². The molecule has 2 unspecified atom stereocenters. The van der Waals surface area contributed by atoms with Crippen molar-refractivity contribution >= 4 is 6.09 Å². The number of hydrogen-bond acceptors (Lipinski definition) is 4. The van der Waals surface area contributed by atoms with Crippen molar-refractivity contribution in [3.05, 3.63) is 0 Å². The molecule has 0 aromatic heterocycles. The van der Waals surface area contributed by atoms with E-state index in [1.807, 2.05) is 27.7 Å². The lowest BCUT2D eigenvalue weighted by molar-refractivity contribution is 0.0378. The molecule has 0 radical (unpaired) electrons. The van der Waals surface area contributed by atoms with Gasteiger partial charge in [0.05, 0.1) is 5.60 Å². The normalized spacial score (nSPS) is 15.4. The van der Waals surface area contributed by atoms with Gasteiger partial charge in [0.15, 0.2) is 0 Å². The van der Waals surface area contributed by atoms with E-state index < -0.39 is 17.3 Å². The summed E-state index contributed by atoms with van der Waals surface area (Å²) in [7, 11) is 0. The van der Waals surface area contributed by atoms with Crippen LogP contribution in [-0.2, 0) is 4.74 Å². The Morgan fingerprint density at radius 3 is 2.24 bits per heavy atom. The first kappa shape index (κ1) is 20.2. The lowest BCUT2D eigenvalue weighted by atomic mass is 9.98. The Morgan fingerprint density at radius 2 is 1.81 bits per heavy atom. The molecule has 0 heterocycles. The fraction of sp³-hybridized carbons (Fsp3) is 0.938. The minimum atomic E-state index is -0.795. The Hall–Kier alpha value is -0.810. The van der Waals surface area contributed by atoms with Crippen molar-refractivity contribution in [3.8, 4) is 0 Å². The van der Waals surface area contributed by atoms with Crippen LogP contribution in [0.25, 0.3) is 0 Å². The van der Waals surface area contributed by atoms with Crippen molar-refractivity contribution in [2.45, 2.75) is 91.0 Å². The van der Waals surface area contributed by atoms with E-state index in [9.17, 15) is 9.90 Å². The molecule has 0 aliphatic rings. The van der Waals surface area contributed by atoms with Crippen LogP contribution in [0.1, 0.15) is 67.7 Å². The van der Waals surface area contributed by atoms with Gasteiger partial charge in [-0.25, -0.2) is 4.79 Å². The molecule has 5 heteroatoms. The zero-order chi connectivity index (χ0) is 16.7. The number of aliphatic hydroxyl groups is 1. The molecule has 0 saturated carbocycles. The fourth-order valence-corrected chi connectivity index (χ4v) is 1.77. The lowest BCUT2D eigenvalue weighted by Gasteiger charge is -2.31. The van der Waals surface area contributed by atoms with Gasteiger partial charge in [-0.3, -0.25) is 0 Å². The van der Waals surface area contributed by atoms with Gasteiger partial charge in [-0.15, -0.1) is 0 Å². The Morgan fingerprint density at radius 1 is 1.24 bits per heavy atom. The van der Waals surface area contributed by atoms with Crippen molar-refractivity contribution in [3.63, 3.8) is 0 Å². The summed E-state index contributed by atoms with van der Waals surface area (Å²) >= 11 is 0. The predicted octanol–water partition coefficient (Wildman–Crippen LogP) is 2.82. The summed E-state index contributed by atoms with van der Waals surface area (Å²) in [6.07, 6.45) is 2.72. The van der Waals surface area contributed by atoms with Gasteiger partial charge in [-0.05, 0) is 48.0 Å². The van der Waals surface area contributed by atoms with Gasteiger partial charge >= 0.3 is 6.09 Å². The number of hydrogen-bond donors (Lipinski definition) is 3. The zero-order valence-corrected chi connectivity index (χ0v) is 14.7. The van der Waals surface area contributed by atoms with E-state index in [1.54, 1.807) is 13.8 Å². The average Bonchev–Trinajstić information content (AvgIpc) is 2.28. The lowest BCUT2D eigenvalue weighted by Crippen LogP contribution is -2.52. The van der Waals surface area contributed by atoms with Crippen LogP contribution in [0, 0.1) is 0 Å². The van der Waals surface area contributed by atoms with Gasteiger partial charge < -0.3 is 20.5 Å². The number of amides is 1. The highest BCUT2D eigenvalue weighted by Gasteiger charge is 2.25. The smallest absolute Gasteiger partial charge is 0.407 e. The molecule has 0 spiro atoms. The molecule has 2 atom stereocenters. The summed E-state index contributed by atoms with van der Waals surface area (Å²) in [4.78, 5) is 11.7. The van der Waals surface area contributed by atoms with Crippen LogP contribution in [0.2, 0.25) is 0 Å². The maximum Gasteiger partial charge on any atom is 0.407 e. The molecule has 0 aromatic carbocycles. The third-order valence-corrected chi connectivity index (χ3v) is 3.34. The third-order valence-electron chi connectivity index (χ3n) is 3.34. The first-order valence-corrected chi connectivity index (χ1v) is 7.91. The van der Waals surface area contributed by atoms with E-state index in [2.05, 4.69) is 17.6 Å². The van der Waals surface area contributed by atoms with E-state index in [4.69, 9.17) is 4.74 Å². The molecular formula is C16H34N2O3. The van der Waals surface area contributed by atoms with Crippen molar-refractivity contribution in [1.82, 2.24) is 10.6 Å². The predicted molar refractivity (Wildman–Crippen MR) is 86.4 cm³/mol. The molecule has 0 saturated heterocycles. The van der Waals surface area contributed by atoms with Gasteiger partial charge in [0.2, 0.25) is 0 Å². The molecule has 0 fully saturated rings. The van der Waals surface area contributed by atoms with Crippen LogP contribution < -0.4 is 10.6 Å². The Bertz CT molecular complexity index is 306. The summed E-state index contributed by atoms with van der Waals surface area (Å²) in [6.45, 7) is 13.7. The van der Waals surface area contributed by atoms with E-state index in [0.717, 1.165) is 19.3 Å². The molecule has 0 bridgehead atoms. The number of rotatable bonds is 8. The van der Waals surface area contributed by atoms with E-state index in [0.29, 0.717) is 6.54 Å². The van der Waals surface area contributed by atoms with Gasteiger partial charge in [-0.1, -0.05) is 19.8 Å². The number of ether oxygens (including phenoxy) is 1. The van der Waals surface area contributed by atoms with E-state index in [1.165, 1.54) is 0 Å². The summed E-state index contributed by atoms with van der Waals surface area (Å²) in [5.41, 5.74) is -1.28. The topological polar surface area (TPSA) is 70.6 Å². The second kappa shape index (κ2) is 8.59. The van der Waals surface area contributed by atoms with Crippen LogP contribution in [0.5, 0.6) is 0 Å². The molecule has 1 amide bonds. The van der Waals surface area contributed by atoms with Gasteiger partial charge in [0.1, 0.15) is 5.60 Å². The van der Waals surface area contributed by atoms with Crippen LogP contribution in [0.15, 0.2) is 0 Å². The standard InChI is InChI=1S/C16H34N2O3/c1-8-9-10-13(18-12(2)16(6,7)20)11-17-14(19)21-15(3,4)5/h12-13,18,20H,8-11H2,1-7H3,(H,17,19). The Balaban J connectivity index is 4.39. The fourth-order valence-electron chi connectivity index (χ4n) is 1.77. The number of nitrogens with one attached hydrogen (secondary N) is 2. The van der Waals surface area contributed by atoms with Crippen LogP contribution in [0.4, 0.5) is 4.79 Å². The summed E-state index contributed by atoms with van der Waals surface area (Å²) in [6, 6.07) is 0.0682. The first-order chi connectivity index (χ1) is 9.45. The van der Waals surface area contributed by atoms with E-state index in [-0.39, 0.29) is 12.1 Å². The Kier molecular flexibility index (Phi) is 8.26. The van der Waals surface area contributed by atoms with Crippen molar-refractivity contribution < 1.29 is 14.6 Å². The molecule has 5 nitrogen and oxygen atoms in total. The number of carbonyl (C=O) groups excluding carboxylic acids is 1. The summed E-state index contributed by atoms with van der Waals surface area (Å²) in [5, 5.41) is 16.2. The number of carbonyl (C=O) groups is 1. The molecule has 21 heavy (non-hydrogen) atoms. The molecule has 0 rings (SSSR count). The molecule has 0 aliphatic heterocycles. The zero-order valence-electron chi connectivity index (χ0n) is 14.7. The summed E-state index contributed by atoms with van der Waals surface area (Å²) < 4.78 is 5.24. The Labute approximate surface area is 129 Å². The highest BCUT2D eigenvalue weighted by molar-refractivity contribution is 5.67. The van der Waals surface area contributed by atoms with Crippen LogP contribution in [0.3, 0.4) is 0 Å². The highest BCUT2D eigenvalue weighted by atomic mass is 16.6. The second-order valence-electron chi connectivity index (χ2n) is 7.26. The molecule has 3 N–H and O–H groups in total. The molecule has 0 aliphatic carbocycles. The molecule has 126 valence electrons. The number of alkyl carbamates (subject to hydrolysis) is 1. The molecule has 0 aromatic rings.